The first-order chi connectivity index (χ1) is 8.19. The van der Waals surface area contributed by atoms with Crippen molar-refractivity contribution in [3.8, 4) is 0 Å². The van der Waals surface area contributed by atoms with Gasteiger partial charge in [0.1, 0.15) is 16.8 Å². The van der Waals surface area contributed by atoms with Gasteiger partial charge >= 0.3 is 5.97 Å². The molecule has 1 aliphatic carbocycles. The molecule has 1 aromatic carbocycles. The molecule has 0 atom stereocenters. The summed E-state index contributed by atoms with van der Waals surface area (Å²) < 4.78 is 10.7. The molecule has 88 valence electrons. The number of benzene rings is 1. The summed E-state index contributed by atoms with van der Waals surface area (Å²) in [5.74, 6) is 0.602. The molecular weight excluding hydrogens is 216 g/mol. The third-order valence-corrected chi connectivity index (χ3v) is 3.60. The summed E-state index contributed by atoms with van der Waals surface area (Å²) in [6, 6.07) is 7.86. The highest BCUT2D eigenvalue weighted by Gasteiger charge is 2.56. The minimum Gasteiger partial charge on any atom is -0.468 e. The smallest absolute Gasteiger partial charge is 0.319 e. The van der Waals surface area contributed by atoms with Gasteiger partial charge in [0.2, 0.25) is 0 Å². The Kier molecular flexibility index (Phi) is 2.05. The number of hydrogen-bond donors (Lipinski definition) is 0. The van der Waals surface area contributed by atoms with Gasteiger partial charge in [0.25, 0.3) is 0 Å². The topological polar surface area (TPSA) is 39.4 Å². The lowest BCUT2D eigenvalue weighted by atomic mass is 9.99. The maximum atomic E-state index is 11.8. The molecule has 0 N–H and O–H groups in total. The predicted molar refractivity (Wildman–Crippen MR) is 63.9 cm³/mol. The lowest BCUT2D eigenvalue weighted by Crippen LogP contribution is -2.21. The van der Waals surface area contributed by atoms with E-state index in [1.807, 2.05) is 31.2 Å². The summed E-state index contributed by atoms with van der Waals surface area (Å²) in [7, 11) is 1.43. The molecule has 1 aliphatic rings. The van der Waals surface area contributed by atoms with E-state index >= 15 is 0 Å². The van der Waals surface area contributed by atoms with Crippen molar-refractivity contribution in [1.82, 2.24) is 0 Å². The third-order valence-electron chi connectivity index (χ3n) is 3.60. The van der Waals surface area contributed by atoms with Crippen LogP contribution in [0.1, 0.15) is 24.2 Å². The maximum absolute atomic E-state index is 11.8. The highest BCUT2D eigenvalue weighted by atomic mass is 16.5. The minimum atomic E-state index is -0.516. The fourth-order valence-corrected chi connectivity index (χ4v) is 2.48. The maximum Gasteiger partial charge on any atom is 0.319 e. The van der Waals surface area contributed by atoms with Crippen molar-refractivity contribution in [2.45, 2.75) is 25.2 Å². The normalized spacial score (nSPS) is 17.1. The number of fused-ring (bicyclic) bond motifs is 1. The van der Waals surface area contributed by atoms with E-state index in [0.717, 1.165) is 35.1 Å². The lowest BCUT2D eigenvalue weighted by molar-refractivity contribution is -0.144. The summed E-state index contributed by atoms with van der Waals surface area (Å²) in [5, 5.41) is 1.08. The fourth-order valence-electron chi connectivity index (χ4n) is 2.48. The summed E-state index contributed by atoms with van der Waals surface area (Å²) >= 11 is 0. The van der Waals surface area contributed by atoms with Crippen molar-refractivity contribution in [2.24, 2.45) is 0 Å². The standard InChI is InChI=1S/C14H14O3/c1-9-10-5-3-4-6-11(10)17-12(9)14(7-8-14)13(15)16-2/h3-6H,7-8H2,1-2H3. The van der Waals surface area contributed by atoms with Crippen LogP contribution in [0.15, 0.2) is 28.7 Å². The van der Waals surface area contributed by atoms with Gasteiger partial charge < -0.3 is 9.15 Å². The van der Waals surface area contributed by atoms with E-state index in [1.54, 1.807) is 0 Å². The molecule has 0 unspecified atom stereocenters. The van der Waals surface area contributed by atoms with Crippen molar-refractivity contribution in [3.05, 3.63) is 35.6 Å². The molecule has 3 heteroatoms. The second kappa shape index (κ2) is 3.36. The van der Waals surface area contributed by atoms with Gasteiger partial charge in [-0.2, -0.15) is 0 Å². The first kappa shape index (κ1) is 10.4. The summed E-state index contributed by atoms with van der Waals surface area (Å²) in [4.78, 5) is 11.8. The van der Waals surface area contributed by atoms with E-state index in [0.29, 0.717) is 0 Å². The zero-order valence-electron chi connectivity index (χ0n) is 9.95. The van der Waals surface area contributed by atoms with E-state index in [-0.39, 0.29) is 5.97 Å². The molecule has 3 rings (SSSR count). The molecule has 0 spiro atoms. The van der Waals surface area contributed by atoms with Crippen LogP contribution < -0.4 is 0 Å². The molecule has 1 aromatic heterocycles. The number of aryl methyl sites for hydroxylation is 1. The van der Waals surface area contributed by atoms with Crippen LogP contribution in [0.3, 0.4) is 0 Å². The molecule has 1 fully saturated rings. The largest absolute Gasteiger partial charge is 0.468 e. The molecule has 0 amide bonds. The Hall–Kier alpha value is -1.77. The number of hydrogen-bond acceptors (Lipinski definition) is 3. The monoisotopic (exact) mass is 230 g/mol. The van der Waals surface area contributed by atoms with Crippen LogP contribution in [0.4, 0.5) is 0 Å². The van der Waals surface area contributed by atoms with E-state index in [2.05, 4.69) is 0 Å². The van der Waals surface area contributed by atoms with E-state index in [4.69, 9.17) is 9.15 Å². The molecule has 17 heavy (non-hydrogen) atoms. The summed E-state index contributed by atoms with van der Waals surface area (Å²) in [6.45, 7) is 2.00. The molecular formula is C14H14O3. The third kappa shape index (κ3) is 1.32. The van der Waals surface area contributed by atoms with Gasteiger partial charge in [-0.1, -0.05) is 18.2 Å². The molecule has 0 radical (unpaired) electrons. The quantitative estimate of drug-likeness (QED) is 0.744. The average molecular weight is 230 g/mol. The Balaban J connectivity index is 2.19. The lowest BCUT2D eigenvalue weighted by Gasteiger charge is -2.10. The molecule has 1 saturated carbocycles. The van der Waals surface area contributed by atoms with Gasteiger partial charge in [-0.05, 0) is 31.4 Å². The van der Waals surface area contributed by atoms with E-state index in [1.165, 1.54) is 7.11 Å². The Labute approximate surface area is 99.4 Å². The number of para-hydroxylation sites is 1. The van der Waals surface area contributed by atoms with Gasteiger partial charge in [0.15, 0.2) is 0 Å². The molecule has 1 heterocycles. The Bertz CT molecular complexity index is 591. The Morgan fingerprint density at radius 3 is 2.65 bits per heavy atom. The van der Waals surface area contributed by atoms with Crippen molar-refractivity contribution in [1.29, 1.82) is 0 Å². The highest BCUT2D eigenvalue weighted by molar-refractivity contribution is 5.90. The number of methoxy groups -OCH3 is 1. The fraction of sp³-hybridized carbons (Fsp3) is 0.357. The number of furan rings is 1. The van der Waals surface area contributed by atoms with Gasteiger partial charge in [0.05, 0.1) is 7.11 Å². The van der Waals surface area contributed by atoms with Crippen molar-refractivity contribution < 1.29 is 13.9 Å². The molecule has 3 nitrogen and oxygen atoms in total. The molecule has 0 aliphatic heterocycles. The van der Waals surface area contributed by atoms with Crippen molar-refractivity contribution in [3.63, 3.8) is 0 Å². The summed E-state index contributed by atoms with van der Waals surface area (Å²) in [6.07, 6.45) is 1.64. The van der Waals surface area contributed by atoms with Crippen LogP contribution in [-0.4, -0.2) is 13.1 Å². The van der Waals surface area contributed by atoms with E-state index < -0.39 is 5.41 Å². The molecule has 2 aromatic rings. The minimum absolute atomic E-state index is 0.181. The average Bonchev–Trinajstić information content (AvgIpc) is 3.10. The Morgan fingerprint density at radius 2 is 2.06 bits per heavy atom. The zero-order chi connectivity index (χ0) is 12.0. The van der Waals surface area contributed by atoms with Crippen LogP contribution in [0.2, 0.25) is 0 Å². The molecule has 0 saturated heterocycles. The van der Waals surface area contributed by atoms with Crippen LogP contribution in [-0.2, 0) is 14.9 Å². The molecule has 0 bridgehead atoms. The second-order valence-electron chi connectivity index (χ2n) is 4.63. The number of ether oxygens (including phenoxy) is 1. The van der Waals surface area contributed by atoms with Crippen LogP contribution in [0, 0.1) is 6.92 Å². The predicted octanol–water partition coefficient (Wildman–Crippen LogP) is 2.95. The SMILES string of the molecule is COC(=O)C1(c2oc3ccccc3c2C)CC1. The van der Waals surface area contributed by atoms with E-state index in [9.17, 15) is 4.79 Å². The van der Waals surface area contributed by atoms with Gasteiger partial charge in [0, 0.05) is 5.39 Å². The summed E-state index contributed by atoms with van der Waals surface area (Å²) in [5.41, 5.74) is 1.39. The zero-order valence-corrected chi connectivity index (χ0v) is 9.95. The first-order valence-corrected chi connectivity index (χ1v) is 5.76. The van der Waals surface area contributed by atoms with Gasteiger partial charge in [-0.15, -0.1) is 0 Å². The number of esters is 1. The number of carbonyl (C=O) groups excluding carboxylic acids is 1. The van der Waals surface area contributed by atoms with Gasteiger partial charge in [-0.25, -0.2) is 0 Å². The van der Waals surface area contributed by atoms with Crippen LogP contribution in [0.5, 0.6) is 0 Å². The Morgan fingerprint density at radius 1 is 1.35 bits per heavy atom. The van der Waals surface area contributed by atoms with Gasteiger partial charge in [-0.3, -0.25) is 4.79 Å². The highest BCUT2D eigenvalue weighted by Crippen LogP contribution is 2.52. The van der Waals surface area contributed by atoms with Crippen molar-refractivity contribution in [2.75, 3.05) is 7.11 Å². The van der Waals surface area contributed by atoms with Crippen LogP contribution in [0.25, 0.3) is 11.0 Å². The van der Waals surface area contributed by atoms with Crippen molar-refractivity contribution >= 4 is 16.9 Å². The number of rotatable bonds is 2. The second-order valence-corrected chi connectivity index (χ2v) is 4.63. The first-order valence-electron chi connectivity index (χ1n) is 5.76. The number of carbonyl (C=O) groups is 1. The van der Waals surface area contributed by atoms with Crippen LogP contribution >= 0.6 is 0 Å².